The van der Waals surface area contributed by atoms with Gasteiger partial charge in [0.1, 0.15) is 12.4 Å². The number of aryl methyl sites for hydroxylation is 2. The van der Waals surface area contributed by atoms with Crippen LogP contribution < -0.4 is 4.57 Å². The Bertz CT molecular complexity index is 462. The molecule has 0 saturated heterocycles. The van der Waals surface area contributed by atoms with Gasteiger partial charge in [-0.15, -0.1) is 0 Å². The van der Waals surface area contributed by atoms with Crippen LogP contribution in [0.5, 0.6) is 0 Å². The highest BCUT2D eigenvalue weighted by atomic mass is 19.4. The second-order valence-electron chi connectivity index (χ2n) is 5.05. The van der Waals surface area contributed by atoms with Crippen LogP contribution in [0.3, 0.4) is 0 Å². The molecule has 0 aliphatic heterocycles. The predicted molar refractivity (Wildman–Crippen MR) is 70.0 cm³/mol. The van der Waals surface area contributed by atoms with Crippen molar-refractivity contribution in [2.24, 2.45) is 7.05 Å². The molecule has 11 heteroatoms. The van der Waals surface area contributed by atoms with E-state index in [2.05, 4.69) is 42.4 Å². The third-order valence-electron chi connectivity index (χ3n) is 3.19. The van der Waals surface area contributed by atoms with E-state index >= 15 is 0 Å². The number of hydrogen-bond donors (Lipinski definition) is 0. The molecule has 0 saturated carbocycles. The molecule has 1 aromatic heterocycles. The van der Waals surface area contributed by atoms with Crippen LogP contribution in [0.25, 0.3) is 0 Å². The summed E-state index contributed by atoms with van der Waals surface area (Å²) < 4.78 is 92.3. The molecule has 0 unspecified atom stereocenters. The van der Waals surface area contributed by atoms with Gasteiger partial charge in [0.15, 0.2) is 0 Å². The number of nitrogens with zero attached hydrogens (tertiary/aromatic N) is 2. The van der Waals surface area contributed by atoms with Gasteiger partial charge in [0.05, 0.1) is 13.6 Å². The van der Waals surface area contributed by atoms with E-state index in [4.69, 9.17) is 0 Å². The Balaban J connectivity index is 0.000000423. The van der Waals surface area contributed by atoms with E-state index in [1.165, 1.54) is 31.6 Å². The van der Waals surface area contributed by atoms with Crippen LogP contribution in [0, 0.1) is 6.92 Å². The average Bonchev–Trinajstić information content (AvgIpc) is 2.69. The number of unbranched alkanes of at least 4 members (excludes halogenated alkanes) is 2. The molecular weight excluding hydrogens is 335 g/mol. The summed E-state index contributed by atoms with van der Waals surface area (Å²) >= 11 is 0. The molecule has 1 heterocycles. The quantitative estimate of drug-likeness (QED) is 0.321. The standard InChI is InChI=1S/C10H19N2.C2BF8/c1-4-5-6-7-12-9-8-11(3)10(12)2;4-1(5,2(6,7)8)3(9,10)11/h8-9H,4-7H2,1-3H3;/q+1;-1. The molecule has 0 N–H and O–H groups in total. The van der Waals surface area contributed by atoms with Crippen molar-refractivity contribution in [2.45, 2.75) is 51.7 Å². The predicted octanol–water partition coefficient (Wildman–Crippen LogP) is 4.38. The van der Waals surface area contributed by atoms with Gasteiger partial charge < -0.3 is 12.9 Å². The van der Waals surface area contributed by atoms with Gasteiger partial charge in [-0.1, -0.05) is 13.3 Å². The minimum absolute atomic E-state index is 1.17. The zero-order chi connectivity index (χ0) is 18.5. The van der Waals surface area contributed by atoms with E-state index in [9.17, 15) is 34.9 Å². The third-order valence-corrected chi connectivity index (χ3v) is 3.19. The first kappa shape index (κ1) is 21.7. The zero-order valence-electron chi connectivity index (χ0n) is 13.0. The molecule has 1 rings (SSSR count). The van der Waals surface area contributed by atoms with Crippen molar-refractivity contribution in [2.75, 3.05) is 0 Å². The molecule has 0 aliphatic rings. The maximum Gasteiger partial charge on any atom is 0.558 e. The average molecular weight is 354 g/mol. The molecule has 1 aromatic rings. The van der Waals surface area contributed by atoms with Crippen LogP contribution in [0.1, 0.15) is 32.0 Å². The van der Waals surface area contributed by atoms with Crippen LogP contribution in [0.2, 0.25) is 0 Å². The molecule has 0 fully saturated rings. The largest absolute Gasteiger partial charge is 0.558 e. The Labute approximate surface area is 129 Å². The first-order chi connectivity index (χ1) is 10.3. The van der Waals surface area contributed by atoms with Gasteiger partial charge in [0.2, 0.25) is 0 Å². The first-order valence-electron chi connectivity index (χ1n) is 6.91. The first-order valence-corrected chi connectivity index (χ1v) is 6.91. The van der Waals surface area contributed by atoms with E-state index in [0.29, 0.717) is 0 Å². The molecular formula is C12H19BF8N2. The summed E-state index contributed by atoms with van der Waals surface area (Å²) in [5.74, 6) is -5.22. The highest BCUT2D eigenvalue weighted by Crippen LogP contribution is 2.43. The van der Waals surface area contributed by atoms with E-state index in [0.717, 1.165) is 0 Å². The number of halogens is 8. The molecule has 23 heavy (non-hydrogen) atoms. The van der Waals surface area contributed by atoms with Gasteiger partial charge in [-0.05, 0) is 12.8 Å². The Morgan fingerprint density at radius 3 is 1.87 bits per heavy atom. The van der Waals surface area contributed by atoms with E-state index < -0.39 is 19.0 Å². The SMILES string of the molecule is CCCCCn1cc[n+](C)c1C.F[B-](F)(F)C(F)(F)C(F)(F)F. The monoisotopic (exact) mass is 354 g/mol. The van der Waals surface area contributed by atoms with Crippen molar-refractivity contribution in [1.82, 2.24) is 4.57 Å². The lowest BCUT2D eigenvalue weighted by Gasteiger charge is -2.28. The Hall–Kier alpha value is -1.29. The van der Waals surface area contributed by atoms with Gasteiger partial charge in [-0.2, -0.15) is 13.2 Å². The summed E-state index contributed by atoms with van der Waals surface area (Å²) in [6, 6.07) is 0. The van der Waals surface area contributed by atoms with Crippen molar-refractivity contribution < 1.29 is 39.5 Å². The van der Waals surface area contributed by atoms with Crippen LogP contribution >= 0.6 is 0 Å². The summed E-state index contributed by atoms with van der Waals surface area (Å²) in [6.45, 7) is -1.64. The van der Waals surface area contributed by atoms with E-state index in [1.54, 1.807) is 0 Å². The molecule has 0 aromatic carbocycles. The number of aromatic nitrogens is 2. The highest BCUT2D eigenvalue weighted by Gasteiger charge is 2.69. The molecule has 0 bridgehead atoms. The molecule has 2 nitrogen and oxygen atoms in total. The minimum atomic E-state index is -7.21. The Morgan fingerprint density at radius 2 is 1.61 bits per heavy atom. The second kappa shape index (κ2) is 8.00. The van der Waals surface area contributed by atoms with Crippen LogP contribution in [-0.2, 0) is 13.6 Å². The maximum absolute atomic E-state index is 11.2. The van der Waals surface area contributed by atoms with Crippen molar-refractivity contribution >= 4 is 6.98 Å². The Morgan fingerprint density at radius 1 is 1.09 bits per heavy atom. The summed E-state index contributed by atoms with van der Waals surface area (Å²) in [5, 5.41) is 0. The molecule has 136 valence electrons. The fraction of sp³-hybridized carbons (Fsp3) is 0.750. The van der Waals surface area contributed by atoms with Gasteiger partial charge in [-0.3, -0.25) is 0 Å². The summed E-state index contributed by atoms with van der Waals surface area (Å²) in [4.78, 5) is 0. The Kier molecular flexibility index (Phi) is 7.56. The van der Waals surface area contributed by atoms with Gasteiger partial charge in [-0.25, -0.2) is 17.9 Å². The number of alkyl halides is 5. The molecule has 0 spiro atoms. The lowest BCUT2D eigenvalue weighted by Crippen LogP contribution is -2.53. The number of rotatable bonds is 5. The van der Waals surface area contributed by atoms with Crippen molar-refractivity contribution in [1.29, 1.82) is 0 Å². The second-order valence-corrected chi connectivity index (χ2v) is 5.05. The van der Waals surface area contributed by atoms with Gasteiger partial charge in [0, 0.05) is 6.92 Å². The summed E-state index contributed by atoms with van der Waals surface area (Å²) in [5.41, 5.74) is 0. The minimum Gasteiger partial charge on any atom is -0.445 e. The van der Waals surface area contributed by atoms with Crippen LogP contribution in [0.4, 0.5) is 34.9 Å². The summed E-state index contributed by atoms with van der Waals surface area (Å²) in [6.07, 6.45) is 1.65. The number of hydrogen-bond acceptors (Lipinski definition) is 0. The molecule has 0 amide bonds. The number of imidazole rings is 1. The van der Waals surface area contributed by atoms with Gasteiger partial charge >= 0.3 is 19.0 Å². The normalized spacial score (nSPS) is 12.8. The van der Waals surface area contributed by atoms with Crippen molar-refractivity contribution in [3.8, 4) is 0 Å². The summed E-state index contributed by atoms with van der Waals surface area (Å²) in [7, 11) is 2.09. The van der Waals surface area contributed by atoms with E-state index in [1.807, 2.05) is 0 Å². The van der Waals surface area contributed by atoms with Crippen molar-refractivity contribution in [3.63, 3.8) is 0 Å². The van der Waals surface area contributed by atoms with Crippen LogP contribution in [0.15, 0.2) is 12.4 Å². The fourth-order valence-corrected chi connectivity index (χ4v) is 1.55. The fourth-order valence-electron chi connectivity index (χ4n) is 1.55. The van der Waals surface area contributed by atoms with Gasteiger partial charge in [0.25, 0.3) is 5.82 Å². The molecule has 0 atom stereocenters. The molecule has 0 radical (unpaired) electrons. The van der Waals surface area contributed by atoms with E-state index in [-0.39, 0.29) is 0 Å². The highest BCUT2D eigenvalue weighted by molar-refractivity contribution is 6.61. The van der Waals surface area contributed by atoms with Crippen molar-refractivity contribution in [3.05, 3.63) is 18.2 Å². The lowest BCUT2D eigenvalue weighted by molar-refractivity contribution is -0.677. The maximum atomic E-state index is 11.2. The molecule has 0 aliphatic carbocycles. The lowest BCUT2D eigenvalue weighted by atomic mass is 9.80. The van der Waals surface area contributed by atoms with Crippen LogP contribution in [-0.4, -0.2) is 23.5 Å². The topological polar surface area (TPSA) is 8.81 Å². The zero-order valence-corrected chi connectivity index (χ0v) is 13.0. The third kappa shape index (κ3) is 6.02. The smallest absolute Gasteiger partial charge is 0.445 e.